The van der Waals surface area contributed by atoms with Crippen molar-refractivity contribution in [3.63, 3.8) is 0 Å². The molecule has 9 heteroatoms. The molecule has 0 aliphatic rings. The summed E-state index contributed by atoms with van der Waals surface area (Å²) in [5, 5.41) is 6.91. The van der Waals surface area contributed by atoms with Gasteiger partial charge in [-0.1, -0.05) is 11.8 Å². The molecule has 2 rings (SSSR count). The first-order valence-electron chi connectivity index (χ1n) is 6.44. The zero-order valence-corrected chi connectivity index (χ0v) is 14.6. The molecule has 0 amide bonds. The van der Waals surface area contributed by atoms with Crippen LogP contribution >= 0.6 is 11.8 Å². The van der Waals surface area contributed by atoms with Gasteiger partial charge in [0.2, 0.25) is 11.1 Å². The lowest BCUT2D eigenvalue weighted by Crippen LogP contribution is -2.17. The summed E-state index contributed by atoms with van der Waals surface area (Å²) in [4.78, 5) is 4.27. The van der Waals surface area contributed by atoms with Crippen LogP contribution in [-0.4, -0.2) is 37.0 Å². The molecule has 1 heterocycles. The molecule has 0 saturated heterocycles. The maximum Gasteiger partial charge on any atom is 0.264 e. The van der Waals surface area contributed by atoms with Gasteiger partial charge in [-0.25, -0.2) is 18.2 Å². The predicted molar refractivity (Wildman–Crippen MR) is 86.2 cm³/mol. The average Bonchev–Trinajstić information content (AvgIpc) is 2.89. The molecule has 2 aromatic rings. The van der Waals surface area contributed by atoms with Gasteiger partial charge >= 0.3 is 0 Å². The average molecular weight is 342 g/mol. The SMILES string of the molecule is COc1cc(C)c(S(=O)(=O)Nc2nc(SC)n[nH]2)c(C)c1C. The number of hydrogen-bond donors (Lipinski definition) is 2. The number of aromatic nitrogens is 3. The molecule has 2 N–H and O–H groups in total. The maximum atomic E-state index is 12.6. The number of rotatable bonds is 5. The van der Waals surface area contributed by atoms with Gasteiger partial charge in [0.05, 0.1) is 12.0 Å². The number of sulfonamides is 1. The van der Waals surface area contributed by atoms with Crippen LogP contribution in [0.4, 0.5) is 5.95 Å². The van der Waals surface area contributed by atoms with Crippen molar-refractivity contribution in [1.29, 1.82) is 0 Å². The topological polar surface area (TPSA) is 97.0 Å². The van der Waals surface area contributed by atoms with Gasteiger partial charge in [0.1, 0.15) is 5.75 Å². The highest BCUT2D eigenvalue weighted by atomic mass is 32.2. The minimum Gasteiger partial charge on any atom is -0.496 e. The normalized spacial score (nSPS) is 11.5. The summed E-state index contributed by atoms with van der Waals surface area (Å²) in [5.74, 6) is 0.759. The third kappa shape index (κ3) is 3.05. The van der Waals surface area contributed by atoms with Crippen LogP contribution in [0.25, 0.3) is 0 Å². The molecule has 22 heavy (non-hydrogen) atoms. The van der Waals surface area contributed by atoms with E-state index < -0.39 is 10.0 Å². The molecule has 7 nitrogen and oxygen atoms in total. The Kier molecular flexibility index (Phi) is 4.66. The molecule has 0 atom stereocenters. The molecular weight excluding hydrogens is 324 g/mol. The van der Waals surface area contributed by atoms with Crippen molar-refractivity contribution in [1.82, 2.24) is 15.2 Å². The van der Waals surface area contributed by atoms with Gasteiger partial charge in [0.25, 0.3) is 10.0 Å². The number of hydrogen-bond acceptors (Lipinski definition) is 6. The zero-order valence-electron chi connectivity index (χ0n) is 13.0. The molecule has 0 unspecified atom stereocenters. The first-order valence-corrected chi connectivity index (χ1v) is 9.15. The Morgan fingerprint density at radius 1 is 1.27 bits per heavy atom. The molecule has 0 aliphatic carbocycles. The molecular formula is C13H18N4O3S2. The first-order chi connectivity index (χ1) is 10.3. The van der Waals surface area contributed by atoms with E-state index in [9.17, 15) is 8.42 Å². The minimum absolute atomic E-state index is 0.0941. The van der Waals surface area contributed by atoms with Crippen LogP contribution in [0.5, 0.6) is 5.75 Å². The van der Waals surface area contributed by atoms with Crippen molar-refractivity contribution < 1.29 is 13.2 Å². The number of thioether (sulfide) groups is 1. The Balaban J connectivity index is 2.47. The van der Waals surface area contributed by atoms with E-state index in [2.05, 4.69) is 19.9 Å². The van der Waals surface area contributed by atoms with Crippen molar-refractivity contribution in [2.24, 2.45) is 0 Å². The predicted octanol–water partition coefficient (Wildman–Crippen LogP) is 2.26. The number of ether oxygens (including phenoxy) is 1. The highest BCUT2D eigenvalue weighted by Crippen LogP contribution is 2.31. The van der Waals surface area contributed by atoms with E-state index in [1.54, 1.807) is 27.0 Å². The fourth-order valence-electron chi connectivity index (χ4n) is 2.21. The van der Waals surface area contributed by atoms with Gasteiger partial charge in [-0.3, -0.25) is 0 Å². The van der Waals surface area contributed by atoms with E-state index in [1.807, 2.05) is 13.2 Å². The van der Waals surface area contributed by atoms with Crippen LogP contribution < -0.4 is 9.46 Å². The van der Waals surface area contributed by atoms with E-state index in [4.69, 9.17) is 4.74 Å². The van der Waals surface area contributed by atoms with E-state index in [0.29, 0.717) is 22.0 Å². The van der Waals surface area contributed by atoms with E-state index in [-0.39, 0.29) is 10.8 Å². The Bertz CT molecular complexity index is 800. The largest absolute Gasteiger partial charge is 0.496 e. The smallest absolute Gasteiger partial charge is 0.264 e. The fourth-order valence-corrected chi connectivity index (χ4v) is 4.01. The summed E-state index contributed by atoms with van der Waals surface area (Å²) in [6.45, 7) is 5.32. The molecule has 1 aromatic heterocycles. The monoisotopic (exact) mass is 342 g/mol. The number of nitrogens with zero attached hydrogens (tertiary/aromatic N) is 2. The summed E-state index contributed by atoms with van der Waals surface area (Å²) >= 11 is 1.32. The lowest BCUT2D eigenvalue weighted by molar-refractivity contribution is 0.410. The van der Waals surface area contributed by atoms with Crippen molar-refractivity contribution in [3.8, 4) is 5.75 Å². The van der Waals surface area contributed by atoms with Crippen molar-refractivity contribution in [2.75, 3.05) is 18.1 Å². The summed E-state index contributed by atoms with van der Waals surface area (Å²) in [6.07, 6.45) is 1.81. The number of H-pyrrole nitrogens is 1. The van der Waals surface area contributed by atoms with Gasteiger partial charge in [0.15, 0.2) is 0 Å². The maximum absolute atomic E-state index is 12.6. The third-order valence-electron chi connectivity index (χ3n) is 3.35. The number of aromatic amines is 1. The number of anilines is 1. The van der Waals surface area contributed by atoms with E-state index in [0.717, 1.165) is 5.56 Å². The van der Waals surface area contributed by atoms with Crippen LogP contribution in [0.2, 0.25) is 0 Å². The standard InChI is InChI=1S/C13H18N4O3S2/c1-7-6-10(20-4)8(2)9(3)11(7)22(18,19)17-12-14-13(21-5)16-15-12/h6H,1-5H3,(H2,14,15,16,17). The zero-order chi connectivity index (χ0) is 16.5. The summed E-state index contributed by atoms with van der Waals surface area (Å²) < 4.78 is 33.0. The summed E-state index contributed by atoms with van der Waals surface area (Å²) in [5.41, 5.74) is 2.04. The Labute approximate surface area is 133 Å². The molecule has 0 fully saturated rings. The van der Waals surface area contributed by atoms with Gasteiger partial charge in [-0.2, -0.15) is 4.98 Å². The van der Waals surface area contributed by atoms with E-state index >= 15 is 0 Å². The second-order valence-electron chi connectivity index (χ2n) is 4.75. The van der Waals surface area contributed by atoms with Gasteiger partial charge in [-0.15, -0.1) is 5.10 Å². The molecule has 1 aromatic carbocycles. The van der Waals surface area contributed by atoms with Crippen molar-refractivity contribution in [3.05, 3.63) is 22.8 Å². The van der Waals surface area contributed by atoms with Crippen LogP contribution in [0.1, 0.15) is 16.7 Å². The molecule has 0 radical (unpaired) electrons. The molecule has 0 bridgehead atoms. The molecule has 0 aliphatic heterocycles. The number of nitrogens with one attached hydrogen (secondary N) is 2. The van der Waals surface area contributed by atoms with Crippen LogP contribution in [0, 0.1) is 20.8 Å². The second kappa shape index (κ2) is 6.17. The summed E-state index contributed by atoms with van der Waals surface area (Å²) in [7, 11) is -2.20. The van der Waals surface area contributed by atoms with Crippen molar-refractivity contribution in [2.45, 2.75) is 30.8 Å². The first kappa shape index (κ1) is 16.6. The second-order valence-corrected chi connectivity index (χ2v) is 7.14. The Hall–Kier alpha value is -1.74. The highest BCUT2D eigenvalue weighted by molar-refractivity contribution is 7.98. The fraction of sp³-hybridized carbons (Fsp3) is 0.385. The van der Waals surface area contributed by atoms with Crippen molar-refractivity contribution >= 4 is 27.7 Å². The Morgan fingerprint density at radius 3 is 2.50 bits per heavy atom. The quantitative estimate of drug-likeness (QED) is 0.809. The third-order valence-corrected chi connectivity index (χ3v) is 5.52. The van der Waals surface area contributed by atoms with E-state index in [1.165, 1.54) is 11.8 Å². The molecule has 120 valence electrons. The minimum atomic E-state index is -3.77. The highest BCUT2D eigenvalue weighted by Gasteiger charge is 2.24. The molecule has 0 spiro atoms. The lowest BCUT2D eigenvalue weighted by Gasteiger charge is -2.16. The summed E-state index contributed by atoms with van der Waals surface area (Å²) in [6, 6.07) is 1.71. The number of benzene rings is 1. The molecule has 0 saturated carbocycles. The number of aryl methyl sites for hydroxylation is 1. The van der Waals surface area contributed by atoms with Gasteiger partial charge in [0, 0.05) is 0 Å². The van der Waals surface area contributed by atoms with Gasteiger partial charge < -0.3 is 4.74 Å². The Morgan fingerprint density at radius 2 is 1.95 bits per heavy atom. The van der Waals surface area contributed by atoms with Crippen LogP contribution in [0.3, 0.4) is 0 Å². The lowest BCUT2D eigenvalue weighted by atomic mass is 10.1. The van der Waals surface area contributed by atoms with Crippen LogP contribution in [-0.2, 0) is 10.0 Å². The number of methoxy groups -OCH3 is 1. The van der Waals surface area contributed by atoms with Gasteiger partial charge in [-0.05, 0) is 49.8 Å². The van der Waals surface area contributed by atoms with Crippen LogP contribution in [0.15, 0.2) is 16.1 Å².